The molecular weight excluding hydrogens is 787 g/mol. The van der Waals surface area contributed by atoms with E-state index in [-0.39, 0.29) is 48.3 Å². The maximum atomic E-state index is 13.8. The number of amides is 1. The SMILES string of the molecule is CC/C=C/C=C/[C@H]1O[C@@](O)([C@@H](C)[C@H](O)[C@H](C)[C@H]2OC(=O)/C(OC)=C/C(C)=C/[C@@H](C)[C@@H](O)[C@H](C)C/C(C)=C/C=C/[C@@H]2OC)C[C@@H](OC(=O)/C=C/C(=O)NC2=C(O)CCC2=O)[C@@H]1C. The van der Waals surface area contributed by atoms with E-state index in [1.807, 2.05) is 52.0 Å². The fourth-order valence-corrected chi connectivity index (χ4v) is 7.81. The molecule has 0 bridgehead atoms. The van der Waals surface area contributed by atoms with Crippen molar-refractivity contribution in [2.45, 2.75) is 130 Å². The number of methoxy groups -OCH3 is 2. The number of hydrogen-bond donors (Lipinski definition) is 5. The highest BCUT2D eigenvalue weighted by atomic mass is 16.6. The molecule has 14 heteroatoms. The van der Waals surface area contributed by atoms with E-state index in [0.717, 1.165) is 24.1 Å². The van der Waals surface area contributed by atoms with E-state index in [0.29, 0.717) is 12.0 Å². The van der Waals surface area contributed by atoms with E-state index in [2.05, 4.69) is 5.32 Å². The van der Waals surface area contributed by atoms with Gasteiger partial charge in [0.25, 0.3) is 0 Å². The van der Waals surface area contributed by atoms with Gasteiger partial charge in [-0.2, -0.15) is 0 Å². The first-order valence-corrected chi connectivity index (χ1v) is 21.0. The monoisotopic (exact) mass is 853 g/mol. The van der Waals surface area contributed by atoms with Crippen molar-refractivity contribution in [3.8, 4) is 0 Å². The van der Waals surface area contributed by atoms with Crippen LogP contribution in [0.2, 0.25) is 0 Å². The molecule has 1 fully saturated rings. The zero-order valence-electron chi connectivity index (χ0n) is 37.2. The van der Waals surface area contributed by atoms with Gasteiger partial charge in [-0.3, -0.25) is 9.59 Å². The molecule has 1 aliphatic carbocycles. The van der Waals surface area contributed by atoms with Gasteiger partial charge in [-0.25, -0.2) is 9.59 Å². The average Bonchev–Trinajstić information content (AvgIpc) is 3.53. The summed E-state index contributed by atoms with van der Waals surface area (Å²) in [6, 6.07) is 0. The number of carbonyl (C=O) groups excluding carboxylic acids is 4. The number of esters is 2. The van der Waals surface area contributed by atoms with Crippen LogP contribution in [0.3, 0.4) is 0 Å². The number of cyclic esters (lactones) is 1. The molecule has 14 nitrogen and oxygen atoms in total. The Bertz CT molecular complexity index is 1800. The van der Waals surface area contributed by atoms with Crippen LogP contribution in [0.4, 0.5) is 0 Å². The van der Waals surface area contributed by atoms with Crippen molar-refractivity contribution in [2.75, 3.05) is 14.2 Å². The normalized spacial score (nSPS) is 34.5. The quantitative estimate of drug-likeness (QED) is 0.0831. The van der Waals surface area contributed by atoms with E-state index in [1.165, 1.54) is 20.3 Å². The molecule has 2 aliphatic heterocycles. The summed E-state index contributed by atoms with van der Waals surface area (Å²) >= 11 is 0. The second kappa shape index (κ2) is 23.6. The molecule has 0 spiro atoms. The van der Waals surface area contributed by atoms with Crippen LogP contribution >= 0.6 is 0 Å². The zero-order valence-corrected chi connectivity index (χ0v) is 37.2. The van der Waals surface area contributed by atoms with E-state index >= 15 is 0 Å². The van der Waals surface area contributed by atoms with Gasteiger partial charge in [-0.15, -0.1) is 0 Å². The maximum Gasteiger partial charge on any atom is 0.373 e. The van der Waals surface area contributed by atoms with E-state index in [9.17, 15) is 39.6 Å². The summed E-state index contributed by atoms with van der Waals surface area (Å²) in [5, 5.41) is 47.6. The van der Waals surface area contributed by atoms with Gasteiger partial charge in [-0.05, 0) is 38.7 Å². The van der Waals surface area contributed by atoms with Crippen molar-refractivity contribution in [2.24, 2.45) is 29.6 Å². The molecular formula is C47H67NO13. The fourth-order valence-electron chi connectivity index (χ4n) is 7.81. The Morgan fingerprint density at radius 2 is 1.79 bits per heavy atom. The van der Waals surface area contributed by atoms with Gasteiger partial charge < -0.3 is 49.4 Å². The van der Waals surface area contributed by atoms with Gasteiger partial charge in [0, 0.05) is 62.2 Å². The zero-order chi connectivity index (χ0) is 45.6. The van der Waals surface area contributed by atoms with Crippen molar-refractivity contribution in [1.82, 2.24) is 5.32 Å². The van der Waals surface area contributed by atoms with Gasteiger partial charge in [0.1, 0.15) is 29.8 Å². The van der Waals surface area contributed by atoms with Crippen molar-refractivity contribution in [3.63, 3.8) is 0 Å². The lowest BCUT2D eigenvalue weighted by atomic mass is 9.77. The minimum Gasteiger partial charge on any atom is -0.510 e. The molecule has 3 rings (SSSR count). The van der Waals surface area contributed by atoms with Crippen LogP contribution in [0.25, 0.3) is 0 Å². The number of rotatable bonds is 13. The van der Waals surface area contributed by atoms with Gasteiger partial charge in [-0.1, -0.05) is 101 Å². The number of aliphatic hydroxyl groups excluding tert-OH is 3. The summed E-state index contributed by atoms with van der Waals surface area (Å²) in [5.41, 5.74) is 1.46. The minimum absolute atomic E-state index is 0.0657. The Balaban J connectivity index is 1.97. The molecule has 0 aromatic carbocycles. The first-order chi connectivity index (χ1) is 28.8. The first kappa shape index (κ1) is 50.8. The molecule has 2 heterocycles. The lowest BCUT2D eigenvalue weighted by molar-refractivity contribution is -0.314. The van der Waals surface area contributed by atoms with Crippen LogP contribution in [0.5, 0.6) is 0 Å². The van der Waals surface area contributed by atoms with Crippen LogP contribution in [-0.4, -0.2) is 101 Å². The smallest absolute Gasteiger partial charge is 0.373 e. The Morgan fingerprint density at radius 1 is 1.08 bits per heavy atom. The lowest BCUT2D eigenvalue weighted by Gasteiger charge is -2.48. The molecule has 0 unspecified atom stereocenters. The Labute approximate surface area is 360 Å². The van der Waals surface area contributed by atoms with Crippen LogP contribution in [0.15, 0.2) is 95.2 Å². The number of nitrogens with one attached hydrogen (secondary N) is 1. The fraction of sp³-hybridized carbons (Fsp3) is 0.574. The summed E-state index contributed by atoms with van der Waals surface area (Å²) in [7, 11) is 2.79. The third-order valence-electron chi connectivity index (χ3n) is 11.6. The van der Waals surface area contributed by atoms with Gasteiger partial charge in [0.15, 0.2) is 11.6 Å². The van der Waals surface area contributed by atoms with E-state index in [4.69, 9.17) is 23.7 Å². The van der Waals surface area contributed by atoms with E-state index in [1.54, 1.807) is 52.0 Å². The number of ketones is 1. The molecule has 338 valence electrons. The molecule has 1 saturated heterocycles. The molecule has 0 aromatic heterocycles. The Kier molecular flexibility index (Phi) is 19.6. The average molecular weight is 854 g/mol. The number of ether oxygens (including phenoxy) is 5. The summed E-state index contributed by atoms with van der Waals surface area (Å²) < 4.78 is 29.5. The van der Waals surface area contributed by atoms with Crippen molar-refractivity contribution < 1.29 is 63.3 Å². The number of aliphatic hydroxyl groups is 4. The molecule has 0 radical (unpaired) electrons. The van der Waals surface area contributed by atoms with Gasteiger partial charge >= 0.3 is 11.9 Å². The predicted octanol–water partition coefficient (Wildman–Crippen LogP) is 5.91. The van der Waals surface area contributed by atoms with Crippen LogP contribution < -0.4 is 5.32 Å². The number of carbonyl (C=O) groups is 4. The summed E-state index contributed by atoms with van der Waals surface area (Å²) in [6.07, 6.45) is 13.2. The number of Topliss-reactive ketones (excluding diaryl/α,β-unsaturated/α-hetero) is 1. The number of hydrogen-bond acceptors (Lipinski definition) is 13. The lowest BCUT2D eigenvalue weighted by Crippen LogP contribution is -2.58. The third kappa shape index (κ3) is 14.2. The second-order valence-electron chi connectivity index (χ2n) is 16.5. The number of allylic oxidation sites excluding steroid dienone is 10. The minimum atomic E-state index is -2.10. The van der Waals surface area contributed by atoms with Gasteiger partial charge in [0.2, 0.25) is 11.7 Å². The van der Waals surface area contributed by atoms with Crippen LogP contribution in [-0.2, 0) is 42.9 Å². The summed E-state index contributed by atoms with van der Waals surface area (Å²) in [4.78, 5) is 51.4. The molecule has 0 saturated carbocycles. The highest BCUT2D eigenvalue weighted by Gasteiger charge is 2.52. The Hall–Kier alpha value is -4.60. The highest BCUT2D eigenvalue weighted by Crippen LogP contribution is 2.41. The largest absolute Gasteiger partial charge is 0.510 e. The molecule has 1 amide bonds. The topological polar surface area (TPSA) is 207 Å². The molecule has 5 N–H and O–H groups in total. The predicted molar refractivity (Wildman–Crippen MR) is 229 cm³/mol. The highest BCUT2D eigenvalue weighted by molar-refractivity contribution is 6.04. The Morgan fingerprint density at radius 3 is 2.41 bits per heavy atom. The van der Waals surface area contributed by atoms with E-state index < -0.39 is 83.8 Å². The second-order valence-corrected chi connectivity index (χ2v) is 16.5. The first-order valence-electron chi connectivity index (χ1n) is 21.0. The molecule has 12 atom stereocenters. The molecule has 61 heavy (non-hydrogen) atoms. The molecule has 3 aliphatic rings. The summed E-state index contributed by atoms with van der Waals surface area (Å²) in [6.45, 7) is 14.6. The van der Waals surface area contributed by atoms with Gasteiger partial charge in [0.05, 0.1) is 25.4 Å². The molecule has 0 aromatic rings. The van der Waals surface area contributed by atoms with Crippen LogP contribution in [0, 0.1) is 29.6 Å². The maximum absolute atomic E-state index is 13.8. The van der Waals surface area contributed by atoms with Crippen molar-refractivity contribution in [3.05, 3.63) is 95.2 Å². The third-order valence-corrected chi connectivity index (χ3v) is 11.6. The standard InChI is InChI=1S/C47H67NO13/c1-11-12-13-14-17-36-31(6)39(59-41(52)22-21-40(51)48-42-34(49)19-20-35(42)50)26-47(56,61-36)33(8)44(54)32(7)45-37(57-9)18-15-16-27(2)23-29(4)43(53)30(5)24-28(3)25-38(58-10)46(55)60-45/h12-18,21-22,24-25,29-33,36-37,39,43-45,49,53-54,56H,11,19-20,23,26H2,1-10H3,(H,48,51)/b13-12+,17-14+,18-15+,22-21+,27-16+,28-24+,38-25-/t29-,30-,31-,32+,33+,36-,37+,39-,43+,44-,45-,47-/m1/s1. The van der Waals surface area contributed by atoms with Crippen LogP contribution in [0.1, 0.15) is 87.5 Å². The summed E-state index contributed by atoms with van der Waals surface area (Å²) in [5.74, 6) is -8.20. The van der Waals surface area contributed by atoms with Crippen molar-refractivity contribution in [1.29, 1.82) is 0 Å². The van der Waals surface area contributed by atoms with Crippen molar-refractivity contribution >= 4 is 23.6 Å².